The molecule has 0 amide bonds. The smallest absolute Gasteiger partial charge is 0.119 e. The van der Waals surface area contributed by atoms with E-state index in [2.05, 4.69) is 45.0 Å². The van der Waals surface area contributed by atoms with E-state index < -0.39 is 0 Å². The lowest BCUT2D eigenvalue weighted by atomic mass is 9.73. The Kier molecular flexibility index (Phi) is 7.15. The number of halogens is 1. The molecular weight excluding hydrogens is 498 g/mol. The molecule has 5 atom stereocenters. The molecule has 3 aliphatic rings. The van der Waals surface area contributed by atoms with Gasteiger partial charge >= 0.3 is 0 Å². The van der Waals surface area contributed by atoms with Crippen LogP contribution in [0.3, 0.4) is 0 Å². The fraction of sp³-hybridized carbons (Fsp3) is 0.367. The van der Waals surface area contributed by atoms with Gasteiger partial charge in [0.1, 0.15) is 5.75 Å². The molecule has 2 aromatic carbocycles. The van der Waals surface area contributed by atoms with Crippen molar-refractivity contribution in [2.45, 2.75) is 31.4 Å². The molecule has 0 spiro atoms. The molecule has 7 rings (SSSR count). The van der Waals surface area contributed by atoms with Crippen LogP contribution in [0.15, 0.2) is 73.6 Å². The van der Waals surface area contributed by atoms with Crippen LogP contribution in [0.5, 0.6) is 5.75 Å². The number of piperidine rings is 3. The minimum absolute atomic E-state index is 0.0903. The summed E-state index contributed by atoms with van der Waals surface area (Å²) in [5, 5.41) is 10.5. The van der Waals surface area contributed by atoms with Gasteiger partial charge in [-0.2, -0.15) is 0 Å². The summed E-state index contributed by atoms with van der Waals surface area (Å²) in [5.41, 5.74) is 3.92. The van der Waals surface area contributed by atoms with Gasteiger partial charge < -0.3 is 9.47 Å². The van der Waals surface area contributed by atoms with Crippen LogP contribution in [-0.4, -0.2) is 57.7 Å². The predicted molar refractivity (Wildman–Crippen MR) is 149 cm³/mol. The maximum Gasteiger partial charge on any atom is 0.119 e. The first-order chi connectivity index (χ1) is 18.6. The highest BCUT2D eigenvalue weighted by Gasteiger charge is 2.43. The van der Waals surface area contributed by atoms with Gasteiger partial charge in [-0.25, -0.2) is 4.68 Å². The van der Waals surface area contributed by atoms with Gasteiger partial charge in [-0.05, 0) is 85.3 Å². The number of hydrogen-bond acceptors (Lipinski definition) is 6. The third-order valence-corrected chi connectivity index (χ3v) is 8.33. The molecule has 0 aliphatic carbocycles. The molecule has 0 saturated carbocycles. The summed E-state index contributed by atoms with van der Waals surface area (Å²) in [4.78, 5) is 7.21. The Morgan fingerprint density at radius 3 is 2.82 bits per heavy atom. The van der Waals surface area contributed by atoms with E-state index in [9.17, 15) is 0 Å². The molecule has 0 radical (unpaired) electrons. The Morgan fingerprint density at radius 2 is 2.05 bits per heavy atom. The summed E-state index contributed by atoms with van der Waals surface area (Å²) in [7, 11) is 1.70. The number of fused-ring (bicyclic) bond motifs is 4. The Bertz CT molecular complexity index is 1420. The van der Waals surface area contributed by atoms with Crippen LogP contribution in [0.4, 0.5) is 0 Å². The van der Waals surface area contributed by atoms with Gasteiger partial charge in [0.05, 0.1) is 42.9 Å². The Balaban J connectivity index is 1.26. The van der Waals surface area contributed by atoms with Crippen molar-refractivity contribution in [1.82, 2.24) is 24.9 Å². The molecule has 196 valence electrons. The minimum Gasteiger partial charge on any atom is -0.497 e. The van der Waals surface area contributed by atoms with Crippen LogP contribution in [0.2, 0.25) is 5.02 Å². The van der Waals surface area contributed by atoms with Crippen molar-refractivity contribution in [2.24, 2.45) is 11.8 Å². The first-order valence-corrected chi connectivity index (χ1v) is 13.6. The van der Waals surface area contributed by atoms with Crippen LogP contribution in [-0.2, 0) is 11.2 Å². The normalized spacial score (nSPS) is 23.4. The number of benzene rings is 2. The first kappa shape index (κ1) is 25.0. The molecule has 3 fully saturated rings. The van der Waals surface area contributed by atoms with Crippen molar-refractivity contribution in [3.8, 4) is 11.4 Å². The van der Waals surface area contributed by atoms with Crippen molar-refractivity contribution in [2.75, 3.05) is 26.8 Å². The summed E-state index contributed by atoms with van der Waals surface area (Å²) in [5.74, 6) is 2.02. The number of methoxy groups -OCH3 is 1. The highest BCUT2D eigenvalue weighted by molar-refractivity contribution is 6.30. The zero-order chi connectivity index (χ0) is 26.1. The van der Waals surface area contributed by atoms with E-state index in [0.29, 0.717) is 35.9 Å². The quantitative estimate of drug-likeness (QED) is 0.260. The van der Waals surface area contributed by atoms with Gasteiger partial charge in [0.2, 0.25) is 0 Å². The van der Waals surface area contributed by atoms with E-state index >= 15 is 0 Å². The van der Waals surface area contributed by atoms with E-state index in [1.165, 1.54) is 6.42 Å². The molecule has 1 unspecified atom stereocenters. The highest BCUT2D eigenvalue weighted by Crippen LogP contribution is 2.43. The van der Waals surface area contributed by atoms with Gasteiger partial charge in [-0.3, -0.25) is 9.88 Å². The molecule has 2 aromatic heterocycles. The number of hydrogen-bond donors (Lipinski definition) is 0. The molecule has 4 aromatic rings. The molecular formula is C30H32ClN5O2. The molecule has 38 heavy (non-hydrogen) atoms. The van der Waals surface area contributed by atoms with E-state index in [4.69, 9.17) is 21.1 Å². The zero-order valence-electron chi connectivity index (χ0n) is 21.5. The minimum atomic E-state index is -0.0903. The molecule has 5 heterocycles. The molecule has 2 bridgehead atoms. The van der Waals surface area contributed by atoms with Crippen LogP contribution in [0.1, 0.15) is 30.2 Å². The van der Waals surface area contributed by atoms with E-state index in [-0.39, 0.29) is 6.10 Å². The van der Waals surface area contributed by atoms with Gasteiger partial charge in [-0.15, -0.1) is 11.7 Å². The molecule has 3 saturated heterocycles. The summed E-state index contributed by atoms with van der Waals surface area (Å²) in [6.45, 7) is 6.78. The number of pyridine rings is 1. The summed E-state index contributed by atoms with van der Waals surface area (Å²) < 4.78 is 14.1. The fourth-order valence-corrected chi connectivity index (χ4v) is 6.17. The van der Waals surface area contributed by atoms with E-state index in [0.717, 1.165) is 53.1 Å². The first-order valence-electron chi connectivity index (χ1n) is 13.2. The molecule has 0 N–H and O–H groups in total. The summed E-state index contributed by atoms with van der Waals surface area (Å²) in [6, 6.07) is 16.0. The number of rotatable bonds is 9. The number of ether oxygens (including phenoxy) is 2. The summed E-state index contributed by atoms with van der Waals surface area (Å²) in [6.07, 6.45) is 8.88. The Hall–Kier alpha value is -3.26. The topological polar surface area (TPSA) is 65.3 Å². The SMILES string of the molecule is C=C[C@H]1CN2CC[C@H]1C[C@@H]2[C@H](OCCc1cn(-c2ccc(Cl)cc2)nn1)c1ccnc2ccc(OC)cc12. The largest absolute Gasteiger partial charge is 0.497 e. The average molecular weight is 530 g/mol. The van der Waals surface area contributed by atoms with Crippen LogP contribution >= 0.6 is 11.6 Å². The van der Waals surface area contributed by atoms with Crippen molar-refractivity contribution in [3.63, 3.8) is 0 Å². The van der Waals surface area contributed by atoms with Crippen LogP contribution < -0.4 is 4.74 Å². The lowest BCUT2D eigenvalue weighted by molar-refractivity contribution is -0.0742. The van der Waals surface area contributed by atoms with Crippen LogP contribution in [0.25, 0.3) is 16.6 Å². The lowest BCUT2D eigenvalue weighted by Gasteiger charge is -2.51. The Morgan fingerprint density at radius 1 is 1.18 bits per heavy atom. The van der Waals surface area contributed by atoms with Crippen molar-refractivity contribution in [1.29, 1.82) is 0 Å². The standard InChI is InChI=1S/C30H32ClN5O2/c1-3-20-18-35-14-11-21(20)16-29(35)30(26-10-13-32-28-9-8-25(37-2)17-27(26)28)38-15-12-23-19-36(34-33-23)24-6-4-22(31)5-7-24/h3-10,13,17,19-21,29-30H,1,11-12,14-16,18H2,2H3/t20-,21-,29+,30+/m0/s1. The van der Waals surface area contributed by atoms with Crippen LogP contribution in [0, 0.1) is 11.8 Å². The molecule has 8 heteroatoms. The number of nitrogens with zero attached hydrogens (tertiary/aromatic N) is 5. The van der Waals surface area contributed by atoms with Gasteiger partial charge in [0, 0.05) is 35.6 Å². The molecule has 7 nitrogen and oxygen atoms in total. The lowest BCUT2D eigenvalue weighted by Crippen LogP contribution is -2.55. The zero-order valence-corrected chi connectivity index (χ0v) is 22.3. The second-order valence-electron chi connectivity index (χ2n) is 10.2. The summed E-state index contributed by atoms with van der Waals surface area (Å²) >= 11 is 6.03. The third kappa shape index (κ3) is 4.94. The van der Waals surface area contributed by atoms with Gasteiger partial charge in [0.15, 0.2) is 0 Å². The second-order valence-corrected chi connectivity index (χ2v) is 10.6. The fourth-order valence-electron chi connectivity index (χ4n) is 6.05. The molecule has 3 aliphatic heterocycles. The van der Waals surface area contributed by atoms with Gasteiger partial charge in [0.25, 0.3) is 0 Å². The van der Waals surface area contributed by atoms with Crippen molar-refractivity contribution in [3.05, 3.63) is 89.9 Å². The maximum absolute atomic E-state index is 6.77. The Labute approximate surface area is 228 Å². The van der Waals surface area contributed by atoms with E-state index in [1.807, 2.05) is 48.8 Å². The monoisotopic (exact) mass is 529 g/mol. The van der Waals surface area contributed by atoms with Crippen molar-refractivity contribution < 1.29 is 9.47 Å². The second kappa shape index (κ2) is 10.8. The van der Waals surface area contributed by atoms with Gasteiger partial charge in [-0.1, -0.05) is 22.9 Å². The number of aromatic nitrogens is 4. The van der Waals surface area contributed by atoms with Crippen molar-refractivity contribution >= 4 is 22.5 Å². The highest BCUT2D eigenvalue weighted by atomic mass is 35.5. The predicted octanol–water partition coefficient (Wildman–Crippen LogP) is 5.67. The third-order valence-electron chi connectivity index (χ3n) is 8.08. The average Bonchev–Trinajstić information content (AvgIpc) is 3.44. The van der Waals surface area contributed by atoms with E-state index in [1.54, 1.807) is 11.8 Å². The maximum atomic E-state index is 6.77.